The van der Waals surface area contributed by atoms with E-state index in [0.29, 0.717) is 16.8 Å². The first-order valence-electron chi connectivity index (χ1n) is 8.19. The van der Waals surface area contributed by atoms with Crippen molar-refractivity contribution in [3.05, 3.63) is 71.8 Å². The summed E-state index contributed by atoms with van der Waals surface area (Å²) >= 11 is 0. The van der Waals surface area contributed by atoms with E-state index >= 15 is 0 Å². The Morgan fingerprint density at radius 1 is 1.00 bits per heavy atom. The Morgan fingerprint density at radius 3 is 2.08 bits per heavy atom. The molecular weight excluding hydrogens is 312 g/mol. The van der Waals surface area contributed by atoms with Gasteiger partial charge in [0.25, 0.3) is 5.91 Å². The van der Waals surface area contributed by atoms with E-state index in [0.717, 1.165) is 24.3 Å². The summed E-state index contributed by atoms with van der Waals surface area (Å²) < 4.78 is 0. The van der Waals surface area contributed by atoms with Crippen molar-refractivity contribution in [3.8, 4) is 6.07 Å². The van der Waals surface area contributed by atoms with Gasteiger partial charge in [-0.2, -0.15) is 5.26 Å². The van der Waals surface area contributed by atoms with Crippen LogP contribution in [0.1, 0.15) is 35.3 Å². The zero-order valence-corrected chi connectivity index (χ0v) is 14.5. The molecule has 0 aliphatic carbocycles. The first-order valence-corrected chi connectivity index (χ1v) is 8.19. The number of nitrogens with zero attached hydrogens (tertiary/aromatic N) is 2. The second-order valence-corrected chi connectivity index (χ2v) is 5.47. The first-order chi connectivity index (χ1) is 12.1. The summed E-state index contributed by atoms with van der Waals surface area (Å²) in [5, 5.41) is 8.81. The number of carbonyl (C=O) groups is 1. The van der Waals surface area contributed by atoms with Crippen LogP contribution >= 0.6 is 0 Å². The molecule has 0 heterocycles. The number of carbonyl (C=O) groups excluding carboxylic acids is 1. The molecule has 2 N–H and O–H groups in total. The number of nitrogens with one attached hydrogen (secondary N) is 2. The molecule has 0 unspecified atom stereocenters. The summed E-state index contributed by atoms with van der Waals surface area (Å²) in [6, 6.07) is 16.5. The Labute approximate surface area is 148 Å². The monoisotopic (exact) mass is 334 g/mol. The van der Waals surface area contributed by atoms with Crippen LogP contribution in [0.2, 0.25) is 0 Å². The third-order valence-corrected chi connectivity index (χ3v) is 3.95. The zero-order chi connectivity index (χ0) is 18.2. The minimum absolute atomic E-state index is 0.235. The fourth-order valence-electron chi connectivity index (χ4n) is 2.43. The van der Waals surface area contributed by atoms with Crippen molar-refractivity contribution < 1.29 is 4.79 Å². The van der Waals surface area contributed by atoms with Crippen LogP contribution in [0.5, 0.6) is 0 Å². The van der Waals surface area contributed by atoms with Crippen LogP contribution in [0, 0.1) is 11.3 Å². The molecule has 0 aliphatic heterocycles. The summed E-state index contributed by atoms with van der Waals surface area (Å²) in [6.07, 6.45) is 0. The highest BCUT2D eigenvalue weighted by Gasteiger charge is 2.08. The highest BCUT2D eigenvalue weighted by molar-refractivity contribution is 5.94. The van der Waals surface area contributed by atoms with Gasteiger partial charge in [-0.25, -0.2) is 0 Å². The van der Waals surface area contributed by atoms with Gasteiger partial charge in [-0.15, -0.1) is 0 Å². The number of amides is 1. The molecule has 2 rings (SSSR count). The molecule has 2 aromatic carbocycles. The second kappa shape index (κ2) is 8.55. The van der Waals surface area contributed by atoms with Crippen molar-refractivity contribution in [2.75, 3.05) is 18.0 Å². The summed E-state index contributed by atoms with van der Waals surface area (Å²) in [4.78, 5) is 14.4. The van der Waals surface area contributed by atoms with E-state index in [2.05, 4.69) is 42.2 Å². The highest BCUT2D eigenvalue weighted by atomic mass is 16.2. The van der Waals surface area contributed by atoms with Crippen LogP contribution in [0.15, 0.2) is 55.1 Å². The third-order valence-electron chi connectivity index (χ3n) is 3.95. The Hall–Kier alpha value is -3.26. The van der Waals surface area contributed by atoms with Crippen LogP contribution < -0.4 is 15.8 Å². The molecule has 0 saturated heterocycles. The Balaban J connectivity index is 1.95. The molecule has 5 nitrogen and oxygen atoms in total. The fraction of sp³-hybridized carbons (Fsp3) is 0.200. The van der Waals surface area contributed by atoms with Gasteiger partial charge >= 0.3 is 0 Å². The molecule has 5 heteroatoms. The fourth-order valence-corrected chi connectivity index (χ4v) is 2.43. The molecular formula is C20H22N4O. The molecule has 0 saturated carbocycles. The maximum absolute atomic E-state index is 12.2. The summed E-state index contributed by atoms with van der Waals surface area (Å²) in [6.45, 7) is 9.94. The van der Waals surface area contributed by atoms with Gasteiger partial charge in [0, 0.05) is 24.3 Å². The van der Waals surface area contributed by atoms with Gasteiger partial charge in [-0.3, -0.25) is 15.6 Å². The molecule has 128 valence electrons. The van der Waals surface area contributed by atoms with E-state index in [1.807, 2.05) is 12.1 Å². The standard InChI is InChI=1S/C20H22N4O/c1-4-24(5-2)19-12-10-18(11-13-19)20(25)23-22-15(3)17-8-6-16(14-21)7-9-17/h6-13,22H,3-5H2,1-2H3,(H,23,25). The van der Waals surface area contributed by atoms with Gasteiger partial charge < -0.3 is 4.90 Å². The molecule has 0 aliphatic rings. The van der Waals surface area contributed by atoms with E-state index in [4.69, 9.17) is 5.26 Å². The number of hydrazine groups is 1. The highest BCUT2D eigenvalue weighted by Crippen LogP contribution is 2.15. The molecule has 0 bridgehead atoms. The van der Waals surface area contributed by atoms with Crippen LogP contribution in [0.25, 0.3) is 5.70 Å². The van der Waals surface area contributed by atoms with Gasteiger partial charge in [0.15, 0.2) is 0 Å². The van der Waals surface area contributed by atoms with Crippen molar-refractivity contribution in [1.82, 2.24) is 10.9 Å². The van der Waals surface area contributed by atoms with Gasteiger partial charge in [-0.1, -0.05) is 18.7 Å². The van der Waals surface area contributed by atoms with Crippen molar-refractivity contribution in [2.45, 2.75) is 13.8 Å². The Morgan fingerprint density at radius 2 is 1.56 bits per heavy atom. The van der Waals surface area contributed by atoms with Crippen LogP contribution in [-0.2, 0) is 0 Å². The van der Waals surface area contributed by atoms with Crippen LogP contribution in [0.3, 0.4) is 0 Å². The average Bonchev–Trinajstić information content (AvgIpc) is 2.67. The van der Waals surface area contributed by atoms with Gasteiger partial charge in [0.2, 0.25) is 0 Å². The number of nitriles is 1. The molecule has 0 spiro atoms. The SMILES string of the molecule is C=C(NNC(=O)c1ccc(N(CC)CC)cc1)c1ccc(C#N)cc1. The van der Waals surface area contributed by atoms with Crippen molar-refractivity contribution >= 4 is 17.3 Å². The number of anilines is 1. The van der Waals surface area contributed by atoms with Gasteiger partial charge in [0.1, 0.15) is 0 Å². The zero-order valence-electron chi connectivity index (χ0n) is 14.5. The maximum atomic E-state index is 12.2. The minimum Gasteiger partial charge on any atom is -0.372 e. The first kappa shape index (κ1) is 18.1. The van der Waals surface area contributed by atoms with Crippen molar-refractivity contribution in [1.29, 1.82) is 5.26 Å². The van der Waals surface area contributed by atoms with Gasteiger partial charge in [0.05, 0.1) is 17.3 Å². The summed E-state index contributed by atoms with van der Waals surface area (Å²) in [5.41, 5.74) is 9.04. The smallest absolute Gasteiger partial charge is 0.269 e. The number of hydrogen-bond donors (Lipinski definition) is 2. The lowest BCUT2D eigenvalue weighted by Gasteiger charge is -2.21. The van der Waals surface area contributed by atoms with E-state index < -0.39 is 0 Å². The topological polar surface area (TPSA) is 68.2 Å². The van der Waals surface area contributed by atoms with Crippen molar-refractivity contribution in [2.24, 2.45) is 0 Å². The van der Waals surface area contributed by atoms with E-state index in [1.165, 1.54) is 0 Å². The largest absolute Gasteiger partial charge is 0.372 e. The van der Waals surface area contributed by atoms with Crippen LogP contribution in [-0.4, -0.2) is 19.0 Å². The Bertz CT molecular complexity index is 769. The lowest BCUT2D eigenvalue weighted by Crippen LogP contribution is -2.35. The predicted octanol–water partition coefficient (Wildman–Crippen LogP) is 3.31. The lowest BCUT2D eigenvalue weighted by molar-refractivity contribution is 0.0942. The summed E-state index contributed by atoms with van der Waals surface area (Å²) in [7, 11) is 0. The van der Waals surface area contributed by atoms with Crippen LogP contribution in [0.4, 0.5) is 5.69 Å². The Kier molecular flexibility index (Phi) is 6.19. The third kappa shape index (κ3) is 4.61. The molecule has 0 aromatic heterocycles. The number of hydrogen-bond acceptors (Lipinski definition) is 4. The number of benzene rings is 2. The van der Waals surface area contributed by atoms with E-state index in [9.17, 15) is 4.79 Å². The number of rotatable bonds is 7. The average molecular weight is 334 g/mol. The predicted molar refractivity (Wildman–Crippen MR) is 101 cm³/mol. The quantitative estimate of drug-likeness (QED) is 0.762. The molecule has 25 heavy (non-hydrogen) atoms. The molecule has 1 amide bonds. The van der Waals surface area contributed by atoms with Gasteiger partial charge in [-0.05, 0) is 55.8 Å². The van der Waals surface area contributed by atoms with Crippen molar-refractivity contribution in [3.63, 3.8) is 0 Å². The maximum Gasteiger partial charge on any atom is 0.269 e. The molecule has 0 fully saturated rings. The van der Waals surface area contributed by atoms with E-state index in [-0.39, 0.29) is 5.91 Å². The molecule has 2 aromatic rings. The lowest BCUT2D eigenvalue weighted by atomic mass is 10.1. The minimum atomic E-state index is -0.235. The molecule has 0 atom stereocenters. The normalized spacial score (nSPS) is 9.80. The molecule has 0 radical (unpaired) electrons. The van der Waals surface area contributed by atoms with E-state index in [1.54, 1.807) is 36.4 Å². The summed E-state index contributed by atoms with van der Waals surface area (Å²) in [5.74, 6) is -0.235. The second-order valence-electron chi connectivity index (χ2n) is 5.47.